The van der Waals surface area contributed by atoms with Crippen LogP contribution < -0.4 is 5.32 Å². The minimum atomic E-state index is -0.116. The van der Waals surface area contributed by atoms with Crippen LogP contribution in [0.5, 0.6) is 0 Å². The minimum Gasteiger partial charge on any atom is -0.393 e. The summed E-state index contributed by atoms with van der Waals surface area (Å²) in [4.78, 5) is 24.3. The van der Waals surface area contributed by atoms with Crippen molar-refractivity contribution in [3.8, 4) is 0 Å². The molecule has 5 fully saturated rings. The third kappa shape index (κ3) is 4.74. The van der Waals surface area contributed by atoms with Crippen LogP contribution in [-0.2, 0) is 9.59 Å². The summed E-state index contributed by atoms with van der Waals surface area (Å²) >= 11 is 0. The van der Waals surface area contributed by atoms with Crippen molar-refractivity contribution in [1.82, 2.24) is 5.32 Å². The van der Waals surface area contributed by atoms with E-state index in [1.54, 1.807) is 0 Å². The number of hydrogen-bond acceptors (Lipinski definition) is 3. The summed E-state index contributed by atoms with van der Waals surface area (Å²) in [5.41, 5.74) is 0.457. The first-order chi connectivity index (χ1) is 16.3. The number of carbonyl (C=O) groups excluding carboxylic acids is 2. The molecule has 0 heterocycles. The predicted molar refractivity (Wildman–Crippen MR) is 135 cm³/mol. The molecule has 0 bridgehead atoms. The Morgan fingerprint density at radius 1 is 0.941 bits per heavy atom. The molecule has 192 valence electrons. The Kier molecular flexibility index (Phi) is 7.19. The fourth-order valence-electron chi connectivity index (χ4n) is 9.24. The van der Waals surface area contributed by atoms with Gasteiger partial charge in [0.1, 0.15) is 5.78 Å². The molecule has 34 heavy (non-hydrogen) atoms. The zero-order chi connectivity index (χ0) is 23.9. The maximum absolute atomic E-state index is 12.4. The number of ketones is 1. The fourth-order valence-corrected chi connectivity index (χ4v) is 9.24. The van der Waals surface area contributed by atoms with Crippen LogP contribution in [0.1, 0.15) is 123 Å². The average Bonchev–Trinajstić information content (AvgIpc) is 3.56. The molecule has 5 aliphatic carbocycles. The molecule has 4 heteroatoms. The van der Waals surface area contributed by atoms with Crippen molar-refractivity contribution in [2.24, 2.45) is 40.4 Å². The van der Waals surface area contributed by atoms with Gasteiger partial charge in [-0.15, -0.1) is 0 Å². The quantitative estimate of drug-likeness (QED) is 0.394. The predicted octanol–water partition coefficient (Wildman–Crippen LogP) is 6.19. The number of rotatable bonds is 9. The number of carbonyl (C=O) groups is 2. The lowest BCUT2D eigenvalue weighted by Gasteiger charge is -2.62. The smallest absolute Gasteiger partial charge is 0.220 e. The summed E-state index contributed by atoms with van der Waals surface area (Å²) < 4.78 is 0. The largest absolute Gasteiger partial charge is 0.393 e. The highest BCUT2D eigenvalue weighted by atomic mass is 16.3. The number of hydrogen-bond donors (Lipinski definition) is 2. The Labute approximate surface area is 207 Å². The summed E-state index contributed by atoms with van der Waals surface area (Å²) in [7, 11) is 0. The molecule has 0 radical (unpaired) electrons. The molecule has 1 amide bonds. The van der Waals surface area contributed by atoms with E-state index in [1.807, 2.05) is 0 Å². The van der Waals surface area contributed by atoms with Gasteiger partial charge >= 0.3 is 0 Å². The highest BCUT2D eigenvalue weighted by molar-refractivity contribution is 5.79. The molecule has 5 saturated carbocycles. The van der Waals surface area contributed by atoms with Crippen LogP contribution in [0.4, 0.5) is 0 Å². The van der Waals surface area contributed by atoms with Gasteiger partial charge in [0, 0.05) is 25.3 Å². The van der Waals surface area contributed by atoms with Crippen molar-refractivity contribution in [3.05, 3.63) is 0 Å². The average molecular weight is 472 g/mol. The molecule has 4 nitrogen and oxygen atoms in total. The molecule has 0 aromatic heterocycles. The zero-order valence-electron chi connectivity index (χ0n) is 21.8. The second-order valence-corrected chi connectivity index (χ2v) is 13.5. The van der Waals surface area contributed by atoms with Gasteiger partial charge in [-0.3, -0.25) is 9.59 Å². The van der Waals surface area contributed by atoms with Crippen molar-refractivity contribution in [3.63, 3.8) is 0 Å². The summed E-state index contributed by atoms with van der Waals surface area (Å²) in [6.07, 6.45) is 18.8. The van der Waals surface area contributed by atoms with Gasteiger partial charge in [-0.2, -0.15) is 0 Å². The Morgan fingerprint density at radius 3 is 2.47 bits per heavy atom. The molecule has 0 spiro atoms. The van der Waals surface area contributed by atoms with Crippen molar-refractivity contribution in [2.75, 3.05) is 0 Å². The van der Waals surface area contributed by atoms with E-state index >= 15 is 0 Å². The second kappa shape index (κ2) is 9.87. The van der Waals surface area contributed by atoms with Crippen molar-refractivity contribution in [1.29, 1.82) is 0 Å². The van der Waals surface area contributed by atoms with Gasteiger partial charge < -0.3 is 10.4 Å². The number of Topliss-reactive ketones (excluding diaryl/α,β-unsaturated/α-hetero) is 1. The lowest BCUT2D eigenvalue weighted by molar-refractivity contribution is -0.156. The maximum atomic E-state index is 12.4. The molecule has 2 N–H and O–H groups in total. The molecule has 8 atom stereocenters. The van der Waals surface area contributed by atoms with E-state index in [1.165, 1.54) is 64.2 Å². The van der Waals surface area contributed by atoms with E-state index in [2.05, 4.69) is 19.2 Å². The SMILES string of the molecule is C[C@]12CCC(=O)C[C@@H]1C[C@H](CCCCCCCC(=O)NC1CC1)[C@@H]1[C@@H]2CC[C@]2(C)[C@@H](O)CC[C@@H]12. The van der Waals surface area contributed by atoms with Crippen LogP contribution in [-0.4, -0.2) is 28.9 Å². The Morgan fingerprint density at radius 2 is 1.68 bits per heavy atom. The van der Waals surface area contributed by atoms with Gasteiger partial charge in [-0.25, -0.2) is 0 Å². The first-order valence-corrected chi connectivity index (χ1v) is 14.8. The van der Waals surface area contributed by atoms with Crippen LogP contribution in [0.15, 0.2) is 0 Å². The minimum absolute atomic E-state index is 0.116. The molecule has 0 aliphatic heterocycles. The summed E-state index contributed by atoms with van der Waals surface area (Å²) in [5.74, 6) is 4.23. The molecule has 0 saturated heterocycles. The summed E-state index contributed by atoms with van der Waals surface area (Å²) in [6, 6.07) is 0.482. The van der Waals surface area contributed by atoms with Crippen LogP contribution in [0, 0.1) is 40.4 Å². The number of unbranched alkanes of at least 4 members (excludes halogenated alkanes) is 4. The zero-order valence-corrected chi connectivity index (χ0v) is 21.8. The van der Waals surface area contributed by atoms with Gasteiger partial charge in [-0.1, -0.05) is 46.0 Å². The summed E-state index contributed by atoms with van der Waals surface area (Å²) in [6.45, 7) is 4.92. The van der Waals surface area contributed by atoms with E-state index in [9.17, 15) is 14.7 Å². The summed E-state index contributed by atoms with van der Waals surface area (Å²) in [5, 5.41) is 14.0. The molecule has 5 rings (SSSR count). The van der Waals surface area contributed by atoms with Crippen LogP contribution >= 0.6 is 0 Å². The Balaban J connectivity index is 1.17. The molecular weight excluding hydrogens is 422 g/mol. The van der Waals surface area contributed by atoms with Gasteiger partial charge in [0.15, 0.2) is 0 Å². The Hall–Kier alpha value is -0.900. The number of aliphatic hydroxyl groups is 1. The molecule has 0 aromatic carbocycles. The lowest BCUT2D eigenvalue weighted by atomic mass is 9.42. The van der Waals surface area contributed by atoms with Gasteiger partial charge in [0.2, 0.25) is 5.91 Å². The van der Waals surface area contributed by atoms with Gasteiger partial charge in [0.25, 0.3) is 0 Å². The second-order valence-electron chi connectivity index (χ2n) is 13.5. The standard InChI is InChI=1S/C30H49NO3/c1-29-16-14-23(32)19-21(29)18-20(8-6-4-3-5-7-9-27(34)31-22-10-11-22)28-24-12-13-26(33)30(24,2)17-15-25(28)29/h20-22,24-26,28,33H,3-19H2,1-2H3,(H,31,34)/t20-,21-,24-,25-,26-,28-,29-,30-/m0/s1. The number of aliphatic hydroxyl groups excluding tert-OH is 1. The third-order valence-electron chi connectivity index (χ3n) is 11.5. The highest BCUT2D eigenvalue weighted by Gasteiger charge is 2.62. The molecule has 0 unspecified atom stereocenters. The van der Waals surface area contributed by atoms with E-state index in [0.29, 0.717) is 35.5 Å². The van der Waals surface area contributed by atoms with Crippen LogP contribution in [0.3, 0.4) is 0 Å². The number of amides is 1. The highest BCUT2D eigenvalue weighted by Crippen LogP contribution is 2.67. The normalized spacial score (nSPS) is 43.7. The first kappa shape index (κ1) is 24.8. The van der Waals surface area contributed by atoms with E-state index in [4.69, 9.17) is 0 Å². The van der Waals surface area contributed by atoms with E-state index in [-0.39, 0.29) is 17.4 Å². The lowest BCUT2D eigenvalue weighted by Crippen LogP contribution is -2.57. The van der Waals surface area contributed by atoms with Crippen molar-refractivity contribution >= 4 is 11.7 Å². The third-order valence-corrected chi connectivity index (χ3v) is 11.5. The first-order valence-electron chi connectivity index (χ1n) is 14.8. The number of fused-ring (bicyclic) bond motifs is 5. The molecule has 5 aliphatic rings. The van der Waals surface area contributed by atoms with Gasteiger partial charge in [-0.05, 0) is 98.2 Å². The van der Waals surface area contributed by atoms with Crippen LogP contribution in [0.2, 0.25) is 0 Å². The fraction of sp³-hybridized carbons (Fsp3) is 0.933. The van der Waals surface area contributed by atoms with Gasteiger partial charge in [0.05, 0.1) is 6.10 Å². The van der Waals surface area contributed by atoms with Crippen LogP contribution in [0.25, 0.3) is 0 Å². The Bertz CT molecular complexity index is 762. The van der Waals surface area contributed by atoms with Crippen molar-refractivity contribution < 1.29 is 14.7 Å². The van der Waals surface area contributed by atoms with E-state index in [0.717, 1.165) is 56.3 Å². The number of nitrogens with one attached hydrogen (secondary N) is 1. The monoisotopic (exact) mass is 471 g/mol. The van der Waals surface area contributed by atoms with Crippen molar-refractivity contribution in [2.45, 2.75) is 135 Å². The maximum Gasteiger partial charge on any atom is 0.220 e. The topological polar surface area (TPSA) is 66.4 Å². The molecular formula is C30H49NO3. The van der Waals surface area contributed by atoms with E-state index < -0.39 is 0 Å². The molecule has 0 aromatic rings.